The van der Waals surface area contributed by atoms with Gasteiger partial charge in [0.25, 0.3) is 0 Å². The molecule has 4 heteroatoms. The maximum absolute atomic E-state index is 11.0. The maximum Gasteiger partial charge on any atom is 0.320 e. The van der Waals surface area contributed by atoms with Crippen molar-refractivity contribution in [3.8, 4) is 5.75 Å². The highest BCUT2D eigenvalue weighted by Crippen LogP contribution is 2.27. The molecule has 0 aliphatic rings. The first-order valence-electron chi connectivity index (χ1n) is 7.15. The summed E-state index contributed by atoms with van der Waals surface area (Å²) in [7, 11) is 0. The van der Waals surface area contributed by atoms with Crippen molar-refractivity contribution >= 4 is 5.97 Å². The number of carboxylic acid groups (broad SMARTS) is 1. The lowest BCUT2D eigenvalue weighted by atomic mass is 10.0. The number of ether oxygens (including phenoxy) is 1. The second-order valence-corrected chi connectivity index (χ2v) is 5.28. The molecule has 0 saturated carbocycles. The predicted octanol–water partition coefficient (Wildman–Crippen LogP) is 2.95. The molecule has 1 unspecified atom stereocenters. The Morgan fingerprint density at radius 3 is 2.65 bits per heavy atom. The van der Waals surface area contributed by atoms with Gasteiger partial charge in [0.2, 0.25) is 0 Å². The Labute approximate surface area is 121 Å². The standard InChI is InChI=1S/C16H25NO3/c1-5-17-14(16(18)19)8-9-20-15-10-12(4)6-7-13(15)11(2)3/h6-7,10-11,14,17H,5,8-9H2,1-4H3,(H,18,19). The van der Waals surface area contributed by atoms with Gasteiger partial charge in [-0.15, -0.1) is 0 Å². The van der Waals surface area contributed by atoms with Crippen LogP contribution in [0.5, 0.6) is 5.75 Å². The number of carboxylic acids is 1. The summed E-state index contributed by atoms with van der Waals surface area (Å²) in [5.41, 5.74) is 2.30. The normalized spacial score (nSPS) is 12.4. The SMILES string of the molecule is CCNC(CCOc1cc(C)ccc1C(C)C)C(=O)O. The van der Waals surface area contributed by atoms with Gasteiger partial charge in [0.15, 0.2) is 0 Å². The summed E-state index contributed by atoms with van der Waals surface area (Å²) in [5.74, 6) is 0.416. The minimum Gasteiger partial charge on any atom is -0.493 e. The molecule has 2 N–H and O–H groups in total. The van der Waals surface area contributed by atoms with Crippen molar-refractivity contribution < 1.29 is 14.6 Å². The van der Waals surface area contributed by atoms with Gasteiger partial charge in [-0.05, 0) is 36.6 Å². The average Bonchev–Trinajstić information content (AvgIpc) is 2.37. The Morgan fingerprint density at radius 1 is 1.40 bits per heavy atom. The van der Waals surface area contributed by atoms with Gasteiger partial charge in [0.05, 0.1) is 6.61 Å². The molecule has 0 aromatic heterocycles. The Balaban J connectivity index is 2.65. The van der Waals surface area contributed by atoms with E-state index in [0.717, 1.165) is 16.9 Å². The van der Waals surface area contributed by atoms with Crippen LogP contribution in [0.4, 0.5) is 0 Å². The van der Waals surface area contributed by atoms with E-state index in [1.54, 1.807) is 0 Å². The third-order valence-corrected chi connectivity index (χ3v) is 3.20. The molecule has 20 heavy (non-hydrogen) atoms. The number of aliphatic carboxylic acids is 1. The van der Waals surface area contributed by atoms with Gasteiger partial charge in [0.1, 0.15) is 11.8 Å². The van der Waals surface area contributed by atoms with E-state index in [2.05, 4.69) is 31.3 Å². The number of hydrogen-bond acceptors (Lipinski definition) is 3. The summed E-state index contributed by atoms with van der Waals surface area (Å²) in [6.07, 6.45) is 0.453. The molecule has 1 atom stereocenters. The van der Waals surface area contributed by atoms with Crippen molar-refractivity contribution in [3.05, 3.63) is 29.3 Å². The molecule has 0 radical (unpaired) electrons. The summed E-state index contributed by atoms with van der Waals surface area (Å²) in [6, 6.07) is 5.61. The number of nitrogens with one attached hydrogen (secondary N) is 1. The first-order chi connectivity index (χ1) is 9.45. The number of hydrogen-bond donors (Lipinski definition) is 2. The number of rotatable bonds is 8. The Hall–Kier alpha value is -1.55. The Morgan fingerprint density at radius 2 is 2.10 bits per heavy atom. The van der Waals surface area contributed by atoms with Gasteiger partial charge in [0, 0.05) is 6.42 Å². The van der Waals surface area contributed by atoms with Crippen LogP contribution >= 0.6 is 0 Å². The third-order valence-electron chi connectivity index (χ3n) is 3.20. The van der Waals surface area contributed by atoms with Crippen molar-refractivity contribution in [2.75, 3.05) is 13.2 Å². The predicted molar refractivity (Wildman–Crippen MR) is 80.5 cm³/mol. The van der Waals surface area contributed by atoms with Crippen LogP contribution < -0.4 is 10.1 Å². The molecule has 112 valence electrons. The molecule has 0 aliphatic heterocycles. The van der Waals surface area contributed by atoms with Gasteiger partial charge in [-0.1, -0.05) is 32.9 Å². The van der Waals surface area contributed by atoms with Crippen LogP contribution in [0.15, 0.2) is 18.2 Å². The molecule has 0 bridgehead atoms. The number of likely N-dealkylation sites (N-methyl/N-ethyl adjacent to an activating group) is 1. The van der Waals surface area contributed by atoms with Gasteiger partial charge < -0.3 is 15.2 Å². The molecular formula is C16H25NO3. The maximum atomic E-state index is 11.0. The van der Waals surface area contributed by atoms with Gasteiger partial charge >= 0.3 is 5.97 Å². The van der Waals surface area contributed by atoms with Crippen LogP contribution in [-0.2, 0) is 4.79 Å². The minimum atomic E-state index is -0.830. The molecule has 0 fully saturated rings. The van der Waals surface area contributed by atoms with E-state index >= 15 is 0 Å². The molecule has 0 aliphatic carbocycles. The van der Waals surface area contributed by atoms with Gasteiger partial charge in [-0.25, -0.2) is 0 Å². The van der Waals surface area contributed by atoms with E-state index < -0.39 is 12.0 Å². The zero-order chi connectivity index (χ0) is 15.1. The van der Waals surface area contributed by atoms with Crippen LogP contribution in [0.25, 0.3) is 0 Å². The third kappa shape index (κ3) is 4.85. The highest BCUT2D eigenvalue weighted by Gasteiger charge is 2.16. The van der Waals surface area contributed by atoms with Crippen LogP contribution in [0, 0.1) is 6.92 Å². The zero-order valence-corrected chi connectivity index (χ0v) is 12.8. The fourth-order valence-corrected chi connectivity index (χ4v) is 2.09. The summed E-state index contributed by atoms with van der Waals surface area (Å²) < 4.78 is 5.80. The lowest BCUT2D eigenvalue weighted by Gasteiger charge is -2.17. The fourth-order valence-electron chi connectivity index (χ4n) is 2.09. The van der Waals surface area contributed by atoms with Crippen LogP contribution in [0.1, 0.15) is 44.2 Å². The largest absolute Gasteiger partial charge is 0.493 e. The number of aryl methyl sites for hydroxylation is 1. The molecule has 0 heterocycles. The second kappa shape index (κ2) is 7.90. The minimum absolute atomic E-state index is 0.384. The number of benzene rings is 1. The van der Waals surface area contributed by atoms with Crippen molar-refractivity contribution in [1.29, 1.82) is 0 Å². The van der Waals surface area contributed by atoms with E-state index in [0.29, 0.717) is 25.5 Å². The molecule has 1 aromatic carbocycles. The second-order valence-electron chi connectivity index (χ2n) is 5.28. The molecule has 0 spiro atoms. The van der Waals surface area contributed by atoms with E-state index in [4.69, 9.17) is 9.84 Å². The lowest BCUT2D eigenvalue weighted by molar-refractivity contribution is -0.139. The van der Waals surface area contributed by atoms with Crippen molar-refractivity contribution in [2.24, 2.45) is 0 Å². The summed E-state index contributed by atoms with van der Waals surface area (Å²) >= 11 is 0. The topological polar surface area (TPSA) is 58.6 Å². The summed E-state index contributed by atoms with van der Waals surface area (Å²) in [4.78, 5) is 11.0. The fraction of sp³-hybridized carbons (Fsp3) is 0.562. The Bertz CT molecular complexity index is 443. The van der Waals surface area contributed by atoms with Crippen LogP contribution in [0.2, 0.25) is 0 Å². The van der Waals surface area contributed by atoms with Crippen molar-refractivity contribution in [2.45, 2.75) is 46.1 Å². The Kier molecular flexibility index (Phi) is 6.52. The summed E-state index contributed by atoms with van der Waals surface area (Å²) in [5, 5.41) is 12.0. The molecule has 0 amide bonds. The lowest BCUT2D eigenvalue weighted by Crippen LogP contribution is -2.37. The molecule has 4 nitrogen and oxygen atoms in total. The quantitative estimate of drug-likeness (QED) is 0.768. The zero-order valence-electron chi connectivity index (χ0n) is 12.8. The molecule has 1 aromatic rings. The van der Waals surface area contributed by atoms with Gasteiger partial charge in [-0.3, -0.25) is 4.79 Å². The molecule has 1 rings (SSSR count). The van der Waals surface area contributed by atoms with Gasteiger partial charge in [-0.2, -0.15) is 0 Å². The molecule has 0 saturated heterocycles. The first-order valence-corrected chi connectivity index (χ1v) is 7.15. The first kappa shape index (κ1) is 16.5. The molecular weight excluding hydrogens is 254 g/mol. The van der Waals surface area contributed by atoms with E-state index in [-0.39, 0.29) is 0 Å². The van der Waals surface area contributed by atoms with Crippen LogP contribution in [-0.4, -0.2) is 30.3 Å². The highest BCUT2D eigenvalue weighted by molar-refractivity contribution is 5.73. The van der Waals surface area contributed by atoms with Crippen molar-refractivity contribution in [1.82, 2.24) is 5.32 Å². The number of carbonyl (C=O) groups is 1. The highest BCUT2D eigenvalue weighted by atomic mass is 16.5. The van der Waals surface area contributed by atoms with Crippen molar-refractivity contribution in [3.63, 3.8) is 0 Å². The average molecular weight is 279 g/mol. The van der Waals surface area contributed by atoms with Crippen LogP contribution in [0.3, 0.4) is 0 Å². The van der Waals surface area contributed by atoms with E-state index in [1.807, 2.05) is 19.9 Å². The smallest absolute Gasteiger partial charge is 0.320 e. The monoisotopic (exact) mass is 279 g/mol. The summed E-state index contributed by atoms with van der Waals surface area (Å²) in [6.45, 7) is 9.20. The van der Waals surface area contributed by atoms with E-state index in [1.165, 1.54) is 0 Å². The van der Waals surface area contributed by atoms with E-state index in [9.17, 15) is 4.79 Å².